The van der Waals surface area contributed by atoms with Gasteiger partial charge in [0, 0.05) is 77.3 Å². The van der Waals surface area contributed by atoms with Gasteiger partial charge in [-0.15, -0.1) is 0 Å². The quantitative estimate of drug-likeness (QED) is 0.0235. The van der Waals surface area contributed by atoms with E-state index >= 15 is 0 Å². The number of ketones is 4. The molecule has 0 saturated carbocycles. The normalized spacial score (nSPS) is 11.9. The highest BCUT2D eigenvalue weighted by molar-refractivity contribution is 6.02. The molecule has 1 rings (SSSR count). The number of rotatable bonds is 34. The minimum absolute atomic E-state index is 0.00856. The van der Waals surface area contributed by atoms with Crippen molar-refractivity contribution in [2.75, 3.05) is 79.0 Å². The van der Waals surface area contributed by atoms with E-state index in [2.05, 4.69) is 21.3 Å². The summed E-state index contributed by atoms with van der Waals surface area (Å²) in [5, 5.41) is 37.1. The minimum atomic E-state index is -1.50. The van der Waals surface area contributed by atoms with Gasteiger partial charge in [-0.05, 0) is 13.5 Å². The number of nitrogens with zero attached hydrogens (tertiary/aromatic N) is 4. The average molecular weight is 911 g/mol. The molecule has 8 amide bonds. The number of aliphatic carboxylic acids is 3. The Hall–Kier alpha value is -6.99. The van der Waals surface area contributed by atoms with Crippen molar-refractivity contribution in [3.63, 3.8) is 0 Å². The summed E-state index contributed by atoms with van der Waals surface area (Å²) in [5.41, 5.74) is 0. The molecule has 0 aliphatic carbocycles. The Morgan fingerprint density at radius 3 is 1.41 bits per heavy atom. The maximum Gasteiger partial charge on any atom is 0.323 e. The zero-order valence-electron chi connectivity index (χ0n) is 35.3. The zero-order valence-corrected chi connectivity index (χ0v) is 35.3. The van der Waals surface area contributed by atoms with Gasteiger partial charge in [0.1, 0.15) is 32.0 Å². The van der Waals surface area contributed by atoms with Crippen LogP contribution in [0.4, 0.5) is 0 Å². The third kappa shape index (κ3) is 23.9. The van der Waals surface area contributed by atoms with Crippen LogP contribution in [0.5, 0.6) is 0 Å². The summed E-state index contributed by atoms with van der Waals surface area (Å²) in [6.07, 6.45) is -2.83. The first-order valence-electron chi connectivity index (χ1n) is 19.9. The van der Waals surface area contributed by atoms with Crippen molar-refractivity contribution >= 4 is 88.3 Å². The predicted octanol–water partition coefficient (Wildman–Crippen LogP) is -4.77. The molecule has 0 bridgehead atoms. The number of imide groups is 1. The lowest BCUT2D eigenvalue weighted by molar-refractivity contribution is -0.146. The Morgan fingerprint density at radius 2 is 0.906 bits per heavy atom. The number of carbonyl (C=O) groups excluding carboxylic acids is 12. The van der Waals surface area contributed by atoms with Crippen LogP contribution < -0.4 is 21.3 Å². The maximum absolute atomic E-state index is 12.7. The van der Waals surface area contributed by atoms with Gasteiger partial charge in [0.15, 0.2) is 17.3 Å². The van der Waals surface area contributed by atoms with Gasteiger partial charge < -0.3 is 51.3 Å². The van der Waals surface area contributed by atoms with Gasteiger partial charge in [0.25, 0.3) is 0 Å². The van der Waals surface area contributed by atoms with Gasteiger partial charge in [-0.1, -0.05) is 0 Å². The van der Waals surface area contributed by atoms with Crippen LogP contribution in [0.15, 0.2) is 0 Å². The molecule has 26 heteroatoms. The Balaban J connectivity index is 2.53. The fourth-order valence-corrected chi connectivity index (χ4v) is 5.69. The second-order valence-electron chi connectivity index (χ2n) is 14.3. The standard InChI is InChI=1S/C38H54N8O18/c1-39-15-24(47)5-8-31(54)43(21-36(59)60)18-26(49)3-2-13-40-30(53)20-45(23-38(63)64)35(58)17-42-28(51)7-4-27(50)19-44(22-37(61)62)32(55)9-6-25(48)16-41-29(52)12-14-46-33(56)10-11-34(46)57/h39H,2-23H2,1H3,(H,40,53)(H,41,52)(H,42,51)(H,59,60)(H,61,62)(H,63,64). The lowest BCUT2D eigenvalue weighted by atomic mass is 10.1. The molecule has 0 aromatic carbocycles. The van der Waals surface area contributed by atoms with E-state index in [9.17, 15) is 82.1 Å². The summed E-state index contributed by atoms with van der Waals surface area (Å²) in [7, 11) is 1.53. The Labute approximate surface area is 365 Å². The molecule has 1 heterocycles. The van der Waals surface area contributed by atoms with E-state index < -0.39 is 161 Å². The van der Waals surface area contributed by atoms with Gasteiger partial charge in [-0.3, -0.25) is 76.8 Å². The van der Waals surface area contributed by atoms with Gasteiger partial charge in [0.05, 0.1) is 32.7 Å². The minimum Gasteiger partial charge on any atom is -0.480 e. The third-order valence-corrected chi connectivity index (χ3v) is 8.94. The molecule has 1 fully saturated rings. The number of Topliss-reactive ketones (excluding diaryl/α,β-unsaturated/α-hetero) is 4. The number of amides is 8. The lowest BCUT2D eigenvalue weighted by Gasteiger charge is -2.21. The number of carboxylic acid groups (broad SMARTS) is 3. The number of hydrogen-bond acceptors (Lipinski definition) is 16. The second kappa shape index (κ2) is 29.3. The van der Waals surface area contributed by atoms with Crippen LogP contribution in [0.3, 0.4) is 0 Å². The molecule has 1 aliphatic rings. The molecule has 0 atom stereocenters. The Bertz CT molecular complexity index is 1800. The lowest BCUT2D eigenvalue weighted by Crippen LogP contribution is -2.47. The van der Waals surface area contributed by atoms with Crippen molar-refractivity contribution in [1.29, 1.82) is 0 Å². The highest BCUT2D eigenvalue weighted by Gasteiger charge is 2.29. The smallest absolute Gasteiger partial charge is 0.323 e. The molecule has 64 heavy (non-hydrogen) atoms. The topological polar surface area (TPSA) is 378 Å². The maximum atomic E-state index is 12.7. The monoisotopic (exact) mass is 910 g/mol. The highest BCUT2D eigenvalue weighted by atomic mass is 16.4. The second-order valence-corrected chi connectivity index (χ2v) is 14.3. The molecule has 0 aromatic heterocycles. The average Bonchev–Trinajstić information content (AvgIpc) is 3.54. The number of carbonyl (C=O) groups is 15. The van der Waals surface area contributed by atoms with Crippen molar-refractivity contribution < 1.29 is 87.2 Å². The van der Waals surface area contributed by atoms with E-state index in [1.54, 1.807) is 0 Å². The SMILES string of the molecule is CNCC(=O)CCC(=O)N(CC(=O)O)CC(=O)CCCNC(=O)CN(CC(=O)O)C(=O)CNC(=O)CCC(=O)CN(CC(=O)O)C(=O)CCC(=O)CNC(=O)CCN1C(=O)CCC1=O. The van der Waals surface area contributed by atoms with Crippen LogP contribution in [0.25, 0.3) is 0 Å². The van der Waals surface area contributed by atoms with Gasteiger partial charge in [-0.2, -0.15) is 0 Å². The van der Waals surface area contributed by atoms with E-state index in [-0.39, 0.29) is 70.4 Å². The fraction of sp³-hybridized carbons (Fsp3) is 0.605. The first-order chi connectivity index (χ1) is 30.1. The molecule has 0 aromatic rings. The van der Waals surface area contributed by atoms with Crippen molar-refractivity contribution in [2.24, 2.45) is 0 Å². The summed E-state index contributed by atoms with van der Waals surface area (Å²) in [4.78, 5) is 184. The molecule has 26 nitrogen and oxygen atoms in total. The third-order valence-electron chi connectivity index (χ3n) is 8.94. The van der Waals surface area contributed by atoms with E-state index in [4.69, 9.17) is 5.11 Å². The summed E-state index contributed by atoms with van der Waals surface area (Å²) in [5.74, 6) is -12.4. The summed E-state index contributed by atoms with van der Waals surface area (Å²) in [6, 6.07) is 0. The summed E-state index contributed by atoms with van der Waals surface area (Å²) >= 11 is 0. The van der Waals surface area contributed by atoms with Crippen LogP contribution in [0, 0.1) is 0 Å². The number of hydrogen-bond donors (Lipinski definition) is 7. The molecule has 354 valence electrons. The van der Waals surface area contributed by atoms with E-state index in [1.165, 1.54) is 7.05 Å². The predicted molar refractivity (Wildman–Crippen MR) is 213 cm³/mol. The first-order valence-corrected chi connectivity index (χ1v) is 19.9. The molecular formula is C38H54N8O18. The molecule has 0 radical (unpaired) electrons. The van der Waals surface area contributed by atoms with Crippen LogP contribution in [0.1, 0.15) is 70.6 Å². The van der Waals surface area contributed by atoms with Crippen molar-refractivity contribution in [3.05, 3.63) is 0 Å². The van der Waals surface area contributed by atoms with Crippen LogP contribution in [-0.2, 0) is 71.9 Å². The van der Waals surface area contributed by atoms with E-state index in [0.29, 0.717) is 9.80 Å². The highest BCUT2D eigenvalue weighted by Crippen LogP contribution is 2.12. The van der Waals surface area contributed by atoms with Gasteiger partial charge >= 0.3 is 17.9 Å². The summed E-state index contributed by atoms with van der Waals surface area (Å²) < 4.78 is 0. The summed E-state index contributed by atoms with van der Waals surface area (Å²) in [6.45, 7) is -6.33. The van der Waals surface area contributed by atoms with Gasteiger partial charge in [-0.25, -0.2) is 0 Å². The van der Waals surface area contributed by atoms with Crippen LogP contribution >= 0.6 is 0 Å². The molecule has 0 spiro atoms. The molecule has 0 unspecified atom stereocenters. The number of carboxylic acids is 3. The largest absolute Gasteiger partial charge is 0.480 e. The Kier molecular flexibility index (Phi) is 25.2. The van der Waals surface area contributed by atoms with E-state index in [1.807, 2.05) is 0 Å². The number of likely N-dealkylation sites (N-methyl/N-ethyl adjacent to an activating group) is 1. The number of likely N-dealkylation sites (tertiary alicyclic amines) is 1. The van der Waals surface area contributed by atoms with Crippen LogP contribution in [-0.4, -0.2) is 202 Å². The van der Waals surface area contributed by atoms with E-state index in [0.717, 1.165) is 9.80 Å². The first kappa shape index (κ1) is 55.0. The molecule has 1 aliphatic heterocycles. The molecular weight excluding hydrogens is 856 g/mol. The van der Waals surface area contributed by atoms with Crippen LogP contribution in [0.2, 0.25) is 0 Å². The zero-order chi connectivity index (χ0) is 48.4. The molecule has 7 N–H and O–H groups in total. The molecule has 1 saturated heterocycles. The Morgan fingerprint density at radius 1 is 0.469 bits per heavy atom. The van der Waals surface area contributed by atoms with Crippen molar-refractivity contribution in [3.8, 4) is 0 Å². The fourth-order valence-electron chi connectivity index (χ4n) is 5.69. The van der Waals surface area contributed by atoms with Crippen molar-refractivity contribution in [1.82, 2.24) is 40.9 Å². The number of nitrogens with one attached hydrogen (secondary N) is 4. The van der Waals surface area contributed by atoms with Gasteiger partial charge in [0.2, 0.25) is 47.3 Å². The van der Waals surface area contributed by atoms with Crippen molar-refractivity contribution in [2.45, 2.75) is 70.6 Å².